The second-order valence-electron chi connectivity index (χ2n) is 4.19. The number of hydrogen-bond donors (Lipinski definition) is 0. The fourth-order valence-corrected chi connectivity index (χ4v) is 2.29. The first-order valence-electron chi connectivity index (χ1n) is 5.78. The lowest BCUT2D eigenvalue weighted by molar-refractivity contribution is -0.384. The first-order valence-corrected chi connectivity index (χ1v) is 7.28. The summed E-state index contributed by atoms with van der Waals surface area (Å²) in [6.07, 6.45) is 0. The van der Waals surface area contributed by atoms with Crippen LogP contribution in [0.1, 0.15) is 11.1 Å². The van der Waals surface area contributed by atoms with Crippen LogP contribution in [-0.2, 0) is 5.33 Å². The Hall–Kier alpha value is -1.59. The Kier molecular flexibility index (Phi) is 4.62. The van der Waals surface area contributed by atoms with Gasteiger partial charge < -0.3 is 4.74 Å². The summed E-state index contributed by atoms with van der Waals surface area (Å²) >= 11 is 9.33. The lowest BCUT2D eigenvalue weighted by Gasteiger charge is -2.12. The van der Waals surface area contributed by atoms with Gasteiger partial charge in [0, 0.05) is 22.0 Å². The van der Waals surface area contributed by atoms with Gasteiger partial charge in [-0.3, -0.25) is 10.1 Å². The van der Waals surface area contributed by atoms with E-state index in [0.29, 0.717) is 21.9 Å². The summed E-state index contributed by atoms with van der Waals surface area (Å²) in [5.74, 6) is 1.03. The minimum Gasteiger partial charge on any atom is -0.456 e. The van der Waals surface area contributed by atoms with E-state index in [1.54, 1.807) is 18.2 Å². The van der Waals surface area contributed by atoms with E-state index in [1.807, 2.05) is 13.0 Å². The molecule has 6 heteroatoms. The number of nitro benzene ring substituents is 1. The number of nitro groups is 1. The maximum absolute atomic E-state index is 10.8. The molecule has 0 saturated carbocycles. The molecule has 0 N–H and O–H groups in total. The molecule has 0 atom stereocenters. The van der Waals surface area contributed by atoms with Gasteiger partial charge in [-0.1, -0.05) is 33.6 Å². The van der Waals surface area contributed by atoms with Gasteiger partial charge in [0.05, 0.1) is 11.0 Å². The summed E-state index contributed by atoms with van der Waals surface area (Å²) in [4.78, 5) is 10.4. The van der Waals surface area contributed by atoms with E-state index >= 15 is 0 Å². The second kappa shape index (κ2) is 6.24. The average Bonchev–Trinajstić information content (AvgIpc) is 2.41. The molecule has 4 nitrogen and oxygen atoms in total. The summed E-state index contributed by atoms with van der Waals surface area (Å²) in [6.45, 7) is 1.83. The van der Waals surface area contributed by atoms with Gasteiger partial charge in [0.2, 0.25) is 0 Å². The summed E-state index contributed by atoms with van der Waals surface area (Å²) in [6, 6.07) is 9.83. The summed E-state index contributed by atoms with van der Waals surface area (Å²) < 4.78 is 5.78. The first kappa shape index (κ1) is 14.8. The number of halogens is 2. The van der Waals surface area contributed by atoms with Crippen LogP contribution in [0, 0.1) is 17.0 Å². The summed E-state index contributed by atoms with van der Waals surface area (Å²) in [7, 11) is 0. The molecule has 104 valence electrons. The highest BCUT2D eigenvalue weighted by Crippen LogP contribution is 2.33. The van der Waals surface area contributed by atoms with Crippen LogP contribution in [0.3, 0.4) is 0 Å². The van der Waals surface area contributed by atoms with Crippen LogP contribution in [0.2, 0.25) is 5.02 Å². The quantitative estimate of drug-likeness (QED) is 0.427. The predicted molar refractivity (Wildman–Crippen MR) is 82.0 cm³/mol. The maximum Gasteiger partial charge on any atom is 0.273 e. The van der Waals surface area contributed by atoms with Crippen LogP contribution in [-0.4, -0.2) is 4.92 Å². The van der Waals surface area contributed by atoms with Crippen molar-refractivity contribution >= 4 is 33.2 Å². The molecular formula is C14H11BrClNO3. The van der Waals surface area contributed by atoms with Crippen LogP contribution >= 0.6 is 27.5 Å². The van der Waals surface area contributed by atoms with Crippen molar-refractivity contribution in [2.24, 2.45) is 0 Å². The second-order valence-corrected chi connectivity index (χ2v) is 5.19. The molecule has 0 saturated heterocycles. The fourth-order valence-electron chi connectivity index (χ4n) is 1.66. The molecule has 0 radical (unpaired) electrons. The van der Waals surface area contributed by atoms with Crippen LogP contribution < -0.4 is 4.74 Å². The Balaban J connectivity index is 2.41. The molecule has 0 heterocycles. The van der Waals surface area contributed by atoms with E-state index in [1.165, 1.54) is 12.1 Å². The minimum absolute atomic E-state index is 0.00646. The molecule has 0 fully saturated rings. The van der Waals surface area contributed by atoms with Crippen molar-refractivity contribution in [2.75, 3.05) is 0 Å². The molecule has 0 unspecified atom stereocenters. The molecule has 0 aromatic heterocycles. The Morgan fingerprint density at radius 3 is 2.65 bits per heavy atom. The molecule has 20 heavy (non-hydrogen) atoms. The van der Waals surface area contributed by atoms with Gasteiger partial charge >= 0.3 is 0 Å². The highest BCUT2D eigenvalue weighted by atomic mass is 79.9. The third kappa shape index (κ3) is 3.29. The van der Waals surface area contributed by atoms with Crippen molar-refractivity contribution in [3.05, 3.63) is 62.7 Å². The van der Waals surface area contributed by atoms with E-state index in [2.05, 4.69) is 15.9 Å². The summed E-state index contributed by atoms with van der Waals surface area (Å²) in [5, 5.41) is 12.0. The van der Waals surface area contributed by atoms with Crippen LogP contribution in [0.25, 0.3) is 0 Å². The van der Waals surface area contributed by atoms with E-state index in [4.69, 9.17) is 16.3 Å². The van der Waals surface area contributed by atoms with Gasteiger partial charge in [-0.25, -0.2) is 0 Å². The molecule has 2 aromatic rings. The maximum atomic E-state index is 10.8. The average molecular weight is 357 g/mol. The number of non-ortho nitro benzene ring substituents is 1. The number of ether oxygens (including phenoxy) is 1. The number of hydrogen-bond acceptors (Lipinski definition) is 3. The molecule has 0 aliphatic carbocycles. The number of alkyl halides is 1. The van der Waals surface area contributed by atoms with Crippen LogP contribution in [0.5, 0.6) is 11.5 Å². The van der Waals surface area contributed by atoms with Crippen molar-refractivity contribution in [3.8, 4) is 11.5 Å². The molecule has 0 amide bonds. The minimum atomic E-state index is -0.449. The molecule has 0 aliphatic heterocycles. The third-order valence-electron chi connectivity index (χ3n) is 2.78. The zero-order valence-corrected chi connectivity index (χ0v) is 12.9. The number of rotatable bonds is 4. The van der Waals surface area contributed by atoms with Gasteiger partial charge in [-0.15, -0.1) is 0 Å². The van der Waals surface area contributed by atoms with Crippen molar-refractivity contribution in [3.63, 3.8) is 0 Å². The van der Waals surface area contributed by atoms with E-state index in [-0.39, 0.29) is 5.69 Å². The Morgan fingerprint density at radius 1 is 1.25 bits per heavy atom. The topological polar surface area (TPSA) is 52.4 Å². The third-order valence-corrected chi connectivity index (χ3v) is 3.61. The van der Waals surface area contributed by atoms with Crippen LogP contribution in [0.15, 0.2) is 36.4 Å². The smallest absolute Gasteiger partial charge is 0.273 e. The molecule has 2 rings (SSSR count). The van der Waals surface area contributed by atoms with Gasteiger partial charge in [-0.05, 0) is 30.7 Å². The number of benzene rings is 2. The predicted octanol–water partition coefficient (Wildman–Crippen LogP) is 5.24. The van der Waals surface area contributed by atoms with Crippen molar-refractivity contribution < 1.29 is 9.66 Å². The van der Waals surface area contributed by atoms with Gasteiger partial charge in [0.25, 0.3) is 5.69 Å². The fraction of sp³-hybridized carbons (Fsp3) is 0.143. The van der Waals surface area contributed by atoms with Gasteiger partial charge in [0.15, 0.2) is 0 Å². The molecule has 0 aliphatic rings. The van der Waals surface area contributed by atoms with Gasteiger partial charge in [-0.2, -0.15) is 0 Å². The van der Waals surface area contributed by atoms with Gasteiger partial charge in [0.1, 0.15) is 11.5 Å². The first-order chi connectivity index (χ1) is 9.51. The normalized spacial score (nSPS) is 10.3. The zero-order chi connectivity index (χ0) is 14.7. The van der Waals surface area contributed by atoms with E-state index < -0.39 is 4.92 Å². The molecule has 2 aromatic carbocycles. The number of aryl methyl sites for hydroxylation is 1. The lowest BCUT2D eigenvalue weighted by atomic mass is 10.2. The zero-order valence-electron chi connectivity index (χ0n) is 10.6. The SMILES string of the molecule is Cc1ccc([N+](=O)[O-])cc1Oc1cc(Cl)ccc1CBr. The Labute approximate surface area is 129 Å². The van der Waals surface area contributed by atoms with Crippen molar-refractivity contribution in [2.45, 2.75) is 12.3 Å². The molecule has 0 spiro atoms. The Bertz CT molecular complexity index is 661. The Morgan fingerprint density at radius 2 is 2.00 bits per heavy atom. The lowest BCUT2D eigenvalue weighted by Crippen LogP contribution is -1.94. The van der Waals surface area contributed by atoms with Crippen LogP contribution in [0.4, 0.5) is 5.69 Å². The molecular weight excluding hydrogens is 346 g/mol. The highest BCUT2D eigenvalue weighted by molar-refractivity contribution is 9.08. The molecule has 0 bridgehead atoms. The summed E-state index contributed by atoms with van der Waals surface area (Å²) in [5.41, 5.74) is 1.73. The van der Waals surface area contributed by atoms with Crippen molar-refractivity contribution in [1.82, 2.24) is 0 Å². The number of nitrogens with zero attached hydrogens (tertiary/aromatic N) is 1. The monoisotopic (exact) mass is 355 g/mol. The van der Waals surface area contributed by atoms with Crippen molar-refractivity contribution in [1.29, 1.82) is 0 Å². The highest BCUT2D eigenvalue weighted by Gasteiger charge is 2.12. The van der Waals surface area contributed by atoms with E-state index in [0.717, 1.165) is 11.1 Å². The largest absolute Gasteiger partial charge is 0.456 e. The standard InChI is InChI=1S/C14H11BrClNO3/c1-9-2-5-12(17(18)19)7-13(9)20-14-6-11(16)4-3-10(14)8-15/h2-7H,8H2,1H3. The van der Waals surface area contributed by atoms with E-state index in [9.17, 15) is 10.1 Å².